The third-order valence-electron chi connectivity index (χ3n) is 3.58. The lowest BCUT2D eigenvalue weighted by Gasteiger charge is -2.40. The van der Waals surface area contributed by atoms with Crippen molar-refractivity contribution in [2.45, 2.75) is 91.0 Å². The van der Waals surface area contributed by atoms with Crippen LogP contribution < -0.4 is 0 Å². The SMILES string of the molecule is CCCCOC(O)(OCCCC)C(O)(OCCCC)OCCCC. The van der Waals surface area contributed by atoms with Crippen LogP contribution >= 0.6 is 0 Å². The van der Waals surface area contributed by atoms with Gasteiger partial charge in [-0.3, -0.25) is 0 Å². The average Bonchev–Trinajstić information content (AvgIpc) is 2.56. The van der Waals surface area contributed by atoms with Crippen molar-refractivity contribution in [3.8, 4) is 0 Å². The summed E-state index contributed by atoms with van der Waals surface area (Å²) in [6, 6.07) is 0. The summed E-state index contributed by atoms with van der Waals surface area (Å²) in [5.41, 5.74) is 0. The van der Waals surface area contributed by atoms with Crippen LogP contribution in [0.1, 0.15) is 79.1 Å². The molecule has 0 rings (SSSR count). The molecule has 0 saturated carbocycles. The normalized spacial score (nSPS) is 12.8. The number of aliphatic hydroxyl groups is 2. The van der Waals surface area contributed by atoms with Crippen molar-refractivity contribution < 1.29 is 29.2 Å². The second-order valence-electron chi connectivity index (χ2n) is 5.97. The van der Waals surface area contributed by atoms with Gasteiger partial charge in [0.1, 0.15) is 0 Å². The van der Waals surface area contributed by atoms with Crippen LogP contribution in [0.3, 0.4) is 0 Å². The molecule has 0 unspecified atom stereocenters. The monoisotopic (exact) mass is 350 g/mol. The second-order valence-corrected chi connectivity index (χ2v) is 5.97. The first-order valence-corrected chi connectivity index (χ1v) is 9.50. The summed E-state index contributed by atoms with van der Waals surface area (Å²) in [5, 5.41) is 21.7. The molecule has 0 bridgehead atoms. The predicted molar refractivity (Wildman–Crippen MR) is 93.3 cm³/mol. The summed E-state index contributed by atoms with van der Waals surface area (Å²) >= 11 is 0. The first-order valence-electron chi connectivity index (χ1n) is 9.50. The highest BCUT2D eigenvalue weighted by atomic mass is 16.9. The van der Waals surface area contributed by atoms with E-state index < -0.39 is 11.9 Å². The van der Waals surface area contributed by atoms with Crippen LogP contribution in [0.15, 0.2) is 0 Å². The Morgan fingerprint density at radius 3 is 0.875 bits per heavy atom. The zero-order valence-electron chi connectivity index (χ0n) is 16.0. The van der Waals surface area contributed by atoms with Crippen molar-refractivity contribution in [3.63, 3.8) is 0 Å². The van der Waals surface area contributed by atoms with Crippen LogP contribution in [-0.4, -0.2) is 48.6 Å². The minimum Gasteiger partial charge on any atom is -0.337 e. The fourth-order valence-corrected chi connectivity index (χ4v) is 1.87. The Bertz CT molecular complexity index is 237. The molecule has 0 spiro atoms. The molecule has 0 aliphatic heterocycles. The number of unbranched alkanes of at least 4 members (excludes halogenated alkanes) is 4. The maximum atomic E-state index is 10.8. The third kappa shape index (κ3) is 8.74. The van der Waals surface area contributed by atoms with Gasteiger partial charge in [0.25, 0.3) is 0 Å². The van der Waals surface area contributed by atoms with Crippen molar-refractivity contribution >= 4 is 0 Å². The second kappa shape index (κ2) is 14.0. The third-order valence-corrected chi connectivity index (χ3v) is 3.58. The molecular weight excluding hydrogens is 312 g/mol. The van der Waals surface area contributed by atoms with Crippen molar-refractivity contribution in [1.29, 1.82) is 0 Å². The van der Waals surface area contributed by atoms with E-state index in [2.05, 4.69) is 0 Å². The molecular formula is C18H38O6. The van der Waals surface area contributed by atoms with Gasteiger partial charge in [0, 0.05) is 0 Å². The van der Waals surface area contributed by atoms with Crippen LogP contribution in [0.4, 0.5) is 0 Å². The highest BCUT2D eigenvalue weighted by molar-refractivity contribution is 4.70. The number of rotatable bonds is 17. The Kier molecular flexibility index (Phi) is 13.8. The molecule has 0 atom stereocenters. The Morgan fingerprint density at radius 1 is 0.500 bits per heavy atom. The van der Waals surface area contributed by atoms with E-state index in [1.54, 1.807) is 0 Å². The number of hydrogen-bond acceptors (Lipinski definition) is 6. The van der Waals surface area contributed by atoms with E-state index in [4.69, 9.17) is 18.9 Å². The molecule has 0 aromatic carbocycles. The van der Waals surface area contributed by atoms with Crippen LogP contribution in [0, 0.1) is 0 Å². The molecule has 0 radical (unpaired) electrons. The van der Waals surface area contributed by atoms with Crippen LogP contribution in [0.5, 0.6) is 0 Å². The minimum atomic E-state index is -2.33. The van der Waals surface area contributed by atoms with Gasteiger partial charge >= 0.3 is 11.9 Å². The fraction of sp³-hybridized carbons (Fsp3) is 1.00. The molecule has 0 aliphatic rings. The standard InChI is InChI=1S/C18H38O6/c1-5-9-13-21-17(19,22-14-10-6-2)18(20,23-15-11-7-3)24-16-12-8-4/h19-20H,5-16H2,1-4H3. The van der Waals surface area contributed by atoms with E-state index in [-0.39, 0.29) is 26.4 Å². The molecule has 2 N–H and O–H groups in total. The summed E-state index contributed by atoms with van der Waals surface area (Å²) < 4.78 is 21.9. The summed E-state index contributed by atoms with van der Waals surface area (Å²) in [4.78, 5) is 0. The van der Waals surface area contributed by atoms with E-state index in [0.717, 1.165) is 51.4 Å². The zero-order valence-corrected chi connectivity index (χ0v) is 16.0. The highest BCUT2D eigenvalue weighted by Crippen LogP contribution is 2.30. The molecule has 0 saturated heterocycles. The van der Waals surface area contributed by atoms with Gasteiger partial charge < -0.3 is 29.2 Å². The van der Waals surface area contributed by atoms with Gasteiger partial charge in [0.2, 0.25) is 0 Å². The molecule has 0 heterocycles. The van der Waals surface area contributed by atoms with Gasteiger partial charge in [-0.15, -0.1) is 0 Å². The van der Waals surface area contributed by atoms with Crippen molar-refractivity contribution in [1.82, 2.24) is 0 Å². The van der Waals surface area contributed by atoms with Gasteiger partial charge in [-0.1, -0.05) is 53.4 Å². The fourth-order valence-electron chi connectivity index (χ4n) is 1.87. The lowest BCUT2D eigenvalue weighted by Crippen LogP contribution is -2.61. The summed E-state index contributed by atoms with van der Waals surface area (Å²) in [7, 11) is 0. The molecule has 24 heavy (non-hydrogen) atoms. The van der Waals surface area contributed by atoms with E-state index in [1.165, 1.54) is 0 Å². The maximum absolute atomic E-state index is 10.8. The topological polar surface area (TPSA) is 77.4 Å². The van der Waals surface area contributed by atoms with Gasteiger partial charge in [-0.2, -0.15) is 0 Å². The van der Waals surface area contributed by atoms with Crippen molar-refractivity contribution in [3.05, 3.63) is 0 Å². The van der Waals surface area contributed by atoms with E-state index in [1.807, 2.05) is 27.7 Å². The largest absolute Gasteiger partial charge is 0.367 e. The van der Waals surface area contributed by atoms with E-state index in [9.17, 15) is 10.2 Å². The number of hydrogen-bond donors (Lipinski definition) is 2. The Balaban J connectivity index is 5.08. The minimum absolute atomic E-state index is 0.246. The Morgan fingerprint density at radius 2 is 0.708 bits per heavy atom. The quantitative estimate of drug-likeness (QED) is 0.309. The first kappa shape index (κ1) is 23.8. The summed E-state index contributed by atoms with van der Waals surface area (Å²) in [5.74, 6) is -4.67. The Hall–Kier alpha value is -0.240. The molecule has 0 amide bonds. The van der Waals surface area contributed by atoms with E-state index >= 15 is 0 Å². The average molecular weight is 350 g/mol. The molecule has 0 aromatic heterocycles. The number of ether oxygens (including phenoxy) is 4. The molecule has 0 aromatic rings. The smallest absolute Gasteiger partial charge is 0.337 e. The lowest BCUT2D eigenvalue weighted by molar-refractivity contribution is -0.546. The Labute approximate surface area is 147 Å². The van der Waals surface area contributed by atoms with Gasteiger partial charge in [0.15, 0.2) is 0 Å². The van der Waals surface area contributed by atoms with Gasteiger partial charge in [-0.25, -0.2) is 0 Å². The summed E-state index contributed by atoms with van der Waals surface area (Å²) in [6.07, 6.45) is 6.54. The van der Waals surface area contributed by atoms with Crippen LogP contribution in [0.25, 0.3) is 0 Å². The highest BCUT2D eigenvalue weighted by Gasteiger charge is 2.56. The summed E-state index contributed by atoms with van der Waals surface area (Å²) in [6.45, 7) is 9.05. The van der Waals surface area contributed by atoms with E-state index in [0.29, 0.717) is 0 Å². The van der Waals surface area contributed by atoms with Crippen LogP contribution in [-0.2, 0) is 18.9 Å². The molecule has 6 heteroatoms. The molecule has 146 valence electrons. The van der Waals surface area contributed by atoms with Gasteiger partial charge in [-0.05, 0) is 25.7 Å². The molecule has 0 fully saturated rings. The first-order chi connectivity index (χ1) is 11.5. The maximum Gasteiger partial charge on any atom is 0.367 e. The molecule has 0 aliphatic carbocycles. The van der Waals surface area contributed by atoms with Crippen molar-refractivity contribution in [2.24, 2.45) is 0 Å². The molecule has 6 nitrogen and oxygen atoms in total. The predicted octanol–water partition coefficient (Wildman–Crippen LogP) is 3.55. The van der Waals surface area contributed by atoms with Crippen LogP contribution in [0.2, 0.25) is 0 Å². The van der Waals surface area contributed by atoms with Gasteiger partial charge in [0.05, 0.1) is 26.4 Å². The lowest BCUT2D eigenvalue weighted by atomic mass is 10.3. The van der Waals surface area contributed by atoms with Crippen molar-refractivity contribution in [2.75, 3.05) is 26.4 Å². The zero-order chi connectivity index (χ0) is 18.3.